The largest absolute Gasteiger partial charge is 0.496 e. The van der Waals surface area contributed by atoms with Crippen LogP contribution in [-0.2, 0) is 4.79 Å². The lowest BCUT2D eigenvalue weighted by molar-refractivity contribution is -0.118. The van der Waals surface area contributed by atoms with Gasteiger partial charge < -0.3 is 10.5 Å². The number of para-hydroxylation sites is 1. The number of anilines is 1. The summed E-state index contributed by atoms with van der Waals surface area (Å²) in [7, 11) is 1.58. The minimum absolute atomic E-state index is 0.0170. The van der Waals surface area contributed by atoms with E-state index in [0.29, 0.717) is 29.7 Å². The van der Waals surface area contributed by atoms with Crippen molar-refractivity contribution in [3.8, 4) is 11.8 Å². The molecule has 0 amide bonds. The highest BCUT2D eigenvalue weighted by Gasteiger charge is 2.45. The van der Waals surface area contributed by atoms with Crippen LogP contribution in [0.1, 0.15) is 38.2 Å². The van der Waals surface area contributed by atoms with E-state index in [1.165, 1.54) is 0 Å². The molecule has 0 radical (unpaired) electrons. The Bertz CT molecular complexity index is 1180. The van der Waals surface area contributed by atoms with Gasteiger partial charge in [0.2, 0.25) is 0 Å². The van der Waals surface area contributed by atoms with Crippen molar-refractivity contribution < 1.29 is 9.53 Å². The highest BCUT2D eigenvalue weighted by Crippen LogP contribution is 2.50. The summed E-state index contributed by atoms with van der Waals surface area (Å²) in [5.41, 5.74) is 12.9. The fraction of sp³-hybridized carbons (Fsp3) is 0.280. The van der Waals surface area contributed by atoms with E-state index >= 15 is 0 Å². The molecule has 2 aliphatic rings. The highest BCUT2D eigenvalue weighted by molar-refractivity contribution is 9.10. The van der Waals surface area contributed by atoms with Gasteiger partial charge in [-0.3, -0.25) is 10.2 Å². The molecule has 2 aromatic rings. The van der Waals surface area contributed by atoms with Gasteiger partial charge in [-0.15, -0.1) is 0 Å². The summed E-state index contributed by atoms with van der Waals surface area (Å²) in [4.78, 5) is 13.5. The number of nitrogens with one attached hydrogen (secondary N) is 1. The molecule has 1 aliphatic heterocycles. The normalized spacial score (nSPS) is 20.0. The number of rotatable bonds is 4. The van der Waals surface area contributed by atoms with Crippen LogP contribution in [0, 0.1) is 16.7 Å². The molecule has 6 nitrogen and oxygen atoms in total. The minimum Gasteiger partial charge on any atom is -0.496 e. The zero-order chi connectivity index (χ0) is 23.0. The molecule has 0 fully saturated rings. The molecule has 2 aromatic carbocycles. The smallest absolute Gasteiger partial charge is 0.162 e. The van der Waals surface area contributed by atoms with Crippen LogP contribution in [0.2, 0.25) is 0 Å². The van der Waals surface area contributed by atoms with Gasteiger partial charge in [-0.05, 0) is 42.2 Å². The van der Waals surface area contributed by atoms with E-state index in [1.807, 2.05) is 48.5 Å². The molecule has 1 heterocycles. The van der Waals surface area contributed by atoms with Gasteiger partial charge >= 0.3 is 0 Å². The summed E-state index contributed by atoms with van der Waals surface area (Å²) in [6, 6.07) is 17.5. The van der Waals surface area contributed by atoms with Crippen molar-refractivity contribution in [2.45, 2.75) is 32.6 Å². The summed E-state index contributed by atoms with van der Waals surface area (Å²) in [6.07, 6.45) is 1.04. The number of ketones is 1. The zero-order valence-corrected chi connectivity index (χ0v) is 19.9. The first-order valence-corrected chi connectivity index (χ1v) is 11.2. The van der Waals surface area contributed by atoms with Gasteiger partial charge in [-0.25, -0.2) is 5.01 Å². The van der Waals surface area contributed by atoms with Crippen LogP contribution in [0.5, 0.6) is 5.75 Å². The third-order valence-electron chi connectivity index (χ3n) is 5.90. The van der Waals surface area contributed by atoms with Crippen LogP contribution in [0.4, 0.5) is 5.69 Å². The van der Waals surface area contributed by atoms with Gasteiger partial charge in [0.15, 0.2) is 5.78 Å². The van der Waals surface area contributed by atoms with Crippen LogP contribution in [0.25, 0.3) is 0 Å². The first kappa shape index (κ1) is 22.0. The van der Waals surface area contributed by atoms with Crippen molar-refractivity contribution in [2.75, 3.05) is 12.5 Å². The number of Topliss-reactive ketones (excluding diaryl/α,β-unsaturated/α-hetero) is 1. The van der Waals surface area contributed by atoms with Gasteiger partial charge in [0.1, 0.15) is 11.6 Å². The average molecular weight is 493 g/mol. The van der Waals surface area contributed by atoms with E-state index in [1.54, 1.807) is 12.1 Å². The lowest BCUT2D eigenvalue weighted by Crippen LogP contribution is -2.44. The van der Waals surface area contributed by atoms with E-state index in [4.69, 9.17) is 10.5 Å². The third kappa shape index (κ3) is 3.87. The first-order chi connectivity index (χ1) is 15.3. The third-order valence-corrected chi connectivity index (χ3v) is 6.39. The van der Waals surface area contributed by atoms with Gasteiger partial charge in [-0.2, -0.15) is 5.26 Å². The molecule has 1 aliphatic carbocycles. The van der Waals surface area contributed by atoms with Crippen molar-refractivity contribution in [1.82, 2.24) is 5.01 Å². The van der Waals surface area contributed by atoms with Crippen LogP contribution < -0.4 is 15.9 Å². The molecule has 3 N–H and O–H groups in total. The maximum atomic E-state index is 13.5. The molecule has 0 aromatic heterocycles. The van der Waals surface area contributed by atoms with E-state index < -0.39 is 5.92 Å². The lowest BCUT2D eigenvalue weighted by atomic mass is 9.69. The molecule has 0 spiro atoms. The summed E-state index contributed by atoms with van der Waals surface area (Å²) < 4.78 is 6.44. The molecular formula is C25H25BrN4O2. The molecule has 7 heteroatoms. The summed E-state index contributed by atoms with van der Waals surface area (Å²) in [5, 5.41) is 11.9. The number of nitriles is 1. The number of allylic oxidation sites excluding steroid dienone is 3. The number of carbonyl (C=O) groups is 1. The van der Waals surface area contributed by atoms with Crippen LogP contribution >= 0.6 is 15.9 Å². The number of hydrogen-bond donors (Lipinski definition) is 2. The second-order valence-corrected chi connectivity index (χ2v) is 9.76. The van der Waals surface area contributed by atoms with E-state index in [-0.39, 0.29) is 17.0 Å². The van der Waals surface area contributed by atoms with Gasteiger partial charge in [0.25, 0.3) is 0 Å². The Kier molecular flexibility index (Phi) is 5.74. The summed E-state index contributed by atoms with van der Waals surface area (Å²) in [6.45, 7) is 4.15. The standard InChI is InChI=1S/C25H25BrN4O2/c1-25(2)12-19-23(20(31)13-25)22(17-11-15(26)9-10-21(17)32-3)18(14-27)24(28)30(19)29-16-7-5-4-6-8-16/h4-11,22,29H,12-13,28H2,1-3H3/t22-/m1/s1. The van der Waals surface area contributed by atoms with Crippen molar-refractivity contribution in [3.05, 3.63) is 81.2 Å². The van der Waals surface area contributed by atoms with Crippen LogP contribution in [0.15, 0.2) is 75.7 Å². The number of benzene rings is 2. The van der Waals surface area contributed by atoms with Crippen LogP contribution in [-0.4, -0.2) is 17.9 Å². The topological polar surface area (TPSA) is 91.4 Å². The number of carbonyl (C=O) groups excluding carboxylic acids is 1. The Labute approximate surface area is 196 Å². The number of nitrogens with zero attached hydrogens (tertiary/aromatic N) is 2. The van der Waals surface area contributed by atoms with E-state index in [2.05, 4.69) is 41.3 Å². The number of nitrogens with two attached hydrogens (primary N) is 1. The molecule has 0 bridgehead atoms. The Balaban J connectivity index is 1.96. The maximum absolute atomic E-state index is 13.5. The summed E-state index contributed by atoms with van der Waals surface area (Å²) in [5.74, 6) is 0.309. The van der Waals surface area contributed by atoms with Crippen LogP contribution in [0.3, 0.4) is 0 Å². The Morgan fingerprint density at radius 3 is 2.59 bits per heavy atom. The predicted octanol–water partition coefficient (Wildman–Crippen LogP) is 5.22. The monoisotopic (exact) mass is 492 g/mol. The number of ether oxygens (including phenoxy) is 1. The van der Waals surface area contributed by atoms with E-state index in [0.717, 1.165) is 21.4 Å². The Hall–Kier alpha value is -3.24. The molecule has 1 atom stereocenters. The fourth-order valence-electron chi connectivity index (χ4n) is 4.52. The second-order valence-electron chi connectivity index (χ2n) is 8.84. The lowest BCUT2D eigenvalue weighted by Gasteiger charge is -2.43. The fourth-order valence-corrected chi connectivity index (χ4v) is 4.90. The molecule has 0 saturated heterocycles. The Morgan fingerprint density at radius 2 is 1.94 bits per heavy atom. The molecular weight excluding hydrogens is 468 g/mol. The minimum atomic E-state index is -0.597. The van der Waals surface area contributed by atoms with Gasteiger partial charge in [0.05, 0.1) is 36.1 Å². The average Bonchev–Trinajstić information content (AvgIpc) is 2.75. The predicted molar refractivity (Wildman–Crippen MR) is 127 cm³/mol. The number of halogens is 1. The van der Waals surface area contributed by atoms with Crippen molar-refractivity contribution in [3.63, 3.8) is 0 Å². The zero-order valence-electron chi connectivity index (χ0n) is 18.3. The van der Waals surface area contributed by atoms with Crippen molar-refractivity contribution in [1.29, 1.82) is 5.26 Å². The van der Waals surface area contributed by atoms with Gasteiger partial charge in [-0.1, -0.05) is 48.0 Å². The molecule has 0 saturated carbocycles. The van der Waals surface area contributed by atoms with Crippen molar-refractivity contribution >= 4 is 27.4 Å². The van der Waals surface area contributed by atoms with E-state index in [9.17, 15) is 10.1 Å². The number of hydrogen-bond acceptors (Lipinski definition) is 6. The first-order valence-electron chi connectivity index (χ1n) is 10.4. The molecule has 32 heavy (non-hydrogen) atoms. The quantitative estimate of drug-likeness (QED) is 0.607. The van der Waals surface area contributed by atoms with Crippen molar-refractivity contribution in [2.24, 2.45) is 11.1 Å². The molecule has 0 unspecified atom stereocenters. The second kappa shape index (κ2) is 8.36. The SMILES string of the molecule is COc1ccc(Br)cc1[C@@H]1C(C#N)=C(N)N(Nc2ccccc2)C2=C1C(=O)CC(C)(C)C2. The number of methoxy groups -OCH3 is 1. The molecule has 164 valence electrons. The highest BCUT2D eigenvalue weighted by atomic mass is 79.9. The Morgan fingerprint density at radius 1 is 1.22 bits per heavy atom. The number of hydrazine groups is 1. The summed E-state index contributed by atoms with van der Waals surface area (Å²) >= 11 is 3.52. The van der Waals surface area contributed by atoms with Gasteiger partial charge in [0, 0.05) is 22.0 Å². The maximum Gasteiger partial charge on any atom is 0.162 e. The molecule has 4 rings (SSSR count).